The summed E-state index contributed by atoms with van der Waals surface area (Å²) in [4.78, 5) is 28.9. The van der Waals surface area contributed by atoms with Gasteiger partial charge in [-0.05, 0) is 67.1 Å². The van der Waals surface area contributed by atoms with E-state index in [-0.39, 0.29) is 11.4 Å². The molecule has 2 aromatic carbocycles. The summed E-state index contributed by atoms with van der Waals surface area (Å²) in [6, 6.07) is 15.0. The van der Waals surface area contributed by atoms with Crippen molar-refractivity contribution in [1.29, 1.82) is 0 Å². The average Bonchev–Trinajstić information content (AvgIpc) is 2.66. The molecule has 0 aliphatic rings. The molecule has 0 atom stereocenters. The Morgan fingerprint density at radius 1 is 0.926 bits per heavy atom. The van der Waals surface area contributed by atoms with E-state index in [9.17, 15) is 14.0 Å². The molecule has 136 valence electrons. The van der Waals surface area contributed by atoms with Crippen LogP contribution in [0.2, 0.25) is 5.02 Å². The van der Waals surface area contributed by atoms with E-state index in [1.165, 1.54) is 36.4 Å². The van der Waals surface area contributed by atoms with Gasteiger partial charge in [0, 0.05) is 16.4 Å². The van der Waals surface area contributed by atoms with E-state index >= 15 is 0 Å². The molecular formula is C20H15ClFN3O2. The van der Waals surface area contributed by atoms with Crippen LogP contribution < -0.4 is 10.6 Å². The first-order valence-corrected chi connectivity index (χ1v) is 8.41. The van der Waals surface area contributed by atoms with Gasteiger partial charge in [0.05, 0.1) is 0 Å². The molecule has 7 heteroatoms. The molecule has 0 fully saturated rings. The Labute approximate surface area is 160 Å². The highest BCUT2D eigenvalue weighted by atomic mass is 35.5. The Hall–Kier alpha value is -3.25. The van der Waals surface area contributed by atoms with E-state index < -0.39 is 17.6 Å². The third kappa shape index (κ3) is 4.68. The Balaban J connectivity index is 1.75. The van der Waals surface area contributed by atoms with Gasteiger partial charge >= 0.3 is 0 Å². The van der Waals surface area contributed by atoms with Crippen LogP contribution >= 0.6 is 11.6 Å². The molecule has 0 aliphatic heterocycles. The zero-order valence-corrected chi connectivity index (χ0v) is 15.0. The fraction of sp³-hybridized carbons (Fsp3) is 0.0500. The van der Waals surface area contributed by atoms with E-state index in [0.29, 0.717) is 16.4 Å². The van der Waals surface area contributed by atoms with Crippen LogP contribution in [0.3, 0.4) is 0 Å². The van der Waals surface area contributed by atoms with E-state index in [4.69, 9.17) is 11.6 Å². The summed E-state index contributed by atoms with van der Waals surface area (Å²) in [6.07, 6.45) is 0. The fourth-order valence-electron chi connectivity index (χ4n) is 2.37. The van der Waals surface area contributed by atoms with Crippen LogP contribution in [-0.4, -0.2) is 16.8 Å². The molecule has 0 saturated heterocycles. The van der Waals surface area contributed by atoms with Crippen LogP contribution in [0.25, 0.3) is 0 Å². The van der Waals surface area contributed by atoms with E-state index in [1.54, 1.807) is 24.3 Å². The number of nitrogens with zero attached hydrogens (tertiary/aromatic N) is 1. The molecule has 3 rings (SSSR count). The zero-order valence-electron chi connectivity index (χ0n) is 14.3. The largest absolute Gasteiger partial charge is 0.321 e. The molecule has 1 heterocycles. The molecule has 2 amide bonds. The van der Waals surface area contributed by atoms with Gasteiger partial charge in [0.1, 0.15) is 17.2 Å². The Morgan fingerprint density at radius 3 is 2.19 bits per heavy atom. The number of pyridine rings is 1. The van der Waals surface area contributed by atoms with Crippen LogP contribution in [0.1, 0.15) is 26.5 Å². The second-order valence-electron chi connectivity index (χ2n) is 5.78. The first-order chi connectivity index (χ1) is 12.9. The molecular weight excluding hydrogens is 369 g/mol. The molecule has 0 saturated carbocycles. The minimum atomic E-state index is -0.501. The van der Waals surface area contributed by atoms with Crippen LogP contribution in [0.15, 0.2) is 60.7 Å². The number of rotatable bonds is 4. The van der Waals surface area contributed by atoms with Gasteiger partial charge in [-0.1, -0.05) is 17.7 Å². The number of nitrogens with one attached hydrogen (secondary N) is 2. The van der Waals surface area contributed by atoms with Crippen molar-refractivity contribution in [3.8, 4) is 0 Å². The van der Waals surface area contributed by atoms with Crippen LogP contribution in [0.4, 0.5) is 15.8 Å². The van der Waals surface area contributed by atoms with Crippen molar-refractivity contribution in [1.82, 2.24) is 4.98 Å². The summed E-state index contributed by atoms with van der Waals surface area (Å²) >= 11 is 5.91. The molecule has 0 bridgehead atoms. The van der Waals surface area contributed by atoms with Crippen LogP contribution in [0, 0.1) is 12.7 Å². The third-order valence-electron chi connectivity index (χ3n) is 3.75. The van der Waals surface area contributed by atoms with Gasteiger partial charge in [0.25, 0.3) is 11.8 Å². The molecule has 0 spiro atoms. The first-order valence-electron chi connectivity index (χ1n) is 8.04. The third-order valence-corrected chi connectivity index (χ3v) is 3.99. The molecule has 2 N–H and O–H groups in total. The number of anilines is 2. The van der Waals surface area contributed by atoms with Crippen molar-refractivity contribution in [2.24, 2.45) is 0 Å². The minimum absolute atomic E-state index is 0.0693. The second kappa shape index (κ2) is 7.97. The number of aromatic nitrogens is 1. The Morgan fingerprint density at radius 2 is 1.56 bits per heavy atom. The minimum Gasteiger partial charge on any atom is -0.321 e. The number of halogens is 2. The molecule has 0 unspecified atom stereocenters. The lowest BCUT2D eigenvalue weighted by molar-refractivity contribution is 0.101. The summed E-state index contributed by atoms with van der Waals surface area (Å²) in [5, 5.41) is 5.92. The molecule has 27 heavy (non-hydrogen) atoms. The van der Waals surface area contributed by atoms with Crippen molar-refractivity contribution < 1.29 is 14.0 Å². The van der Waals surface area contributed by atoms with Crippen molar-refractivity contribution >= 4 is 34.8 Å². The average molecular weight is 384 g/mol. The highest BCUT2D eigenvalue weighted by Crippen LogP contribution is 2.20. The maximum absolute atomic E-state index is 12.9. The highest BCUT2D eigenvalue weighted by molar-refractivity contribution is 6.30. The predicted molar refractivity (Wildman–Crippen MR) is 103 cm³/mol. The number of carbonyl (C=O) groups is 2. The SMILES string of the molecule is Cc1cc(Cl)ccc1NC(=O)c1cccc(C(=O)Nc2ccc(F)cc2)n1. The normalized spacial score (nSPS) is 10.3. The van der Waals surface area contributed by atoms with Crippen LogP contribution in [-0.2, 0) is 0 Å². The van der Waals surface area contributed by atoms with Crippen LogP contribution in [0.5, 0.6) is 0 Å². The quantitative estimate of drug-likeness (QED) is 0.686. The molecule has 0 radical (unpaired) electrons. The van der Waals surface area contributed by atoms with Gasteiger partial charge in [-0.15, -0.1) is 0 Å². The highest BCUT2D eigenvalue weighted by Gasteiger charge is 2.14. The number of aryl methyl sites for hydroxylation is 1. The summed E-state index contributed by atoms with van der Waals surface area (Å²) in [5.74, 6) is -1.35. The van der Waals surface area contributed by atoms with Gasteiger partial charge in [0.2, 0.25) is 0 Å². The number of carbonyl (C=O) groups excluding carboxylic acids is 2. The lowest BCUT2D eigenvalue weighted by atomic mass is 10.2. The predicted octanol–water partition coefficient (Wildman–Crippen LogP) is 4.69. The van der Waals surface area contributed by atoms with Crippen molar-refractivity contribution in [2.75, 3.05) is 10.6 Å². The maximum Gasteiger partial charge on any atom is 0.274 e. The zero-order chi connectivity index (χ0) is 19.4. The molecule has 0 aliphatic carbocycles. The van der Waals surface area contributed by atoms with Gasteiger partial charge in [-0.25, -0.2) is 9.37 Å². The number of amides is 2. The van der Waals surface area contributed by atoms with E-state index in [0.717, 1.165) is 5.56 Å². The Bertz CT molecular complexity index is 1010. The standard InChI is InChI=1S/C20H15ClFN3O2/c1-12-11-13(21)5-10-16(12)25-20(27)18-4-2-3-17(24-18)19(26)23-15-8-6-14(22)7-9-15/h2-11H,1H3,(H,23,26)(H,25,27). The molecule has 1 aromatic heterocycles. The maximum atomic E-state index is 12.9. The van der Waals surface area contributed by atoms with Crippen molar-refractivity contribution in [3.05, 3.63) is 88.5 Å². The number of benzene rings is 2. The first kappa shape index (κ1) is 18.5. The smallest absolute Gasteiger partial charge is 0.274 e. The van der Waals surface area contributed by atoms with Crippen molar-refractivity contribution in [2.45, 2.75) is 6.92 Å². The van der Waals surface area contributed by atoms with Gasteiger partial charge in [-0.2, -0.15) is 0 Å². The molecule has 5 nitrogen and oxygen atoms in total. The summed E-state index contributed by atoms with van der Waals surface area (Å²) in [5.41, 5.74) is 2.00. The topological polar surface area (TPSA) is 71.1 Å². The second-order valence-corrected chi connectivity index (χ2v) is 6.22. The molecule has 3 aromatic rings. The monoisotopic (exact) mass is 383 g/mol. The van der Waals surface area contributed by atoms with Gasteiger partial charge < -0.3 is 10.6 Å². The van der Waals surface area contributed by atoms with E-state index in [1.807, 2.05) is 6.92 Å². The lowest BCUT2D eigenvalue weighted by Crippen LogP contribution is -2.18. The Kier molecular flexibility index (Phi) is 5.47. The van der Waals surface area contributed by atoms with Gasteiger partial charge in [0.15, 0.2) is 0 Å². The fourth-order valence-corrected chi connectivity index (χ4v) is 2.60. The van der Waals surface area contributed by atoms with E-state index in [2.05, 4.69) is 15.6 Å². The number of hydrogen-bond acceptors (Lipinski definition) is 3. The number of hydrogen-bond donors (Lipinski definition) is 2. The van der Waals surface area contributed by atoms with Gasteiger partial charge in [-0.3, -0.25) is 9.59 Å². The summed E-state index contributed by atoms with van der Waals surface area (Å²) in [7, 11) is 0. The summed E-state index contributed by atoms with van der Waals surface area (Å²) in [6.45, 7) is 1.82. The lowest BCUT2D eigenvalue weighted by Gasteiger charge is -2.09. The van der Waals surface area contributed by atoms with Crippen molar-refractivity contribution in [3.63, 3.8) is 0 Å². The summed E-state index contributed by atoms with van der Waals surface area (Å²) < 4.78 is 12.9.